The molecule has 2 fully saturated rings. The molecule has 1 saturated carbocycles. The van der Waals surface area contributed by atoms with Crippen molar-refractivity contribution in [3.8, 4) is 0 Å². The number of H-pyrrole nitrogens is 1. The molecule has 0 radical (unpaired) electrons. The molecule has 2 aliphatic rings. The van der Waals surface area contributed by atoms with Gasteiger partial charge in [-0.25, -0.2) is 0 Å². The van der Waals surface area contributed by atoms with Crippen LogP contribution < -0.4 is 5.32 Å². The second-order valence-electron chi connectivity index (χ2n) is 6.07. The number of rotatable bonds is 5. The van der Waals surface area contributed by atoms with Crippen molar-refractivity contribution < 1.29 is 9.90 Å². The van der Waals surface area contributed by atoms with E-state index in [4.69, 9.17) is 5.11 Å². The van der Waals surface area contributed by atoms with Gasteiger partial charge in [-0.3, -0.25) is 4.79 Å². The zero-order chi connectivity index (χ0) is 14.7. The zero-order valence-electron chi connectivity index (χ0n) is 11.9. The lowest BCUT2D eigenvalue weighted by molar-refractivity contribution is -0.141. The quantitative estimate of drug-likeness (QED) is 0.701. The predicted molar refractivity (Wildman–Crippen MR) is 77.9 cm³/mol. The Morgan fingerprint density at radius 2 is 2.24 bits per heavy atom. The van der Waals surface area contributed by atoms with E-state index in [1.165, 1.54) is 19.3 Å². The fraction of sp³-hybridized carbons (Fsp3) is 0.846. The number of hydrogen-bond acceptors (Lipinski definition) is 6. The second kappa shape index (κ2) is 6.74. The Hall–Kier alpha value is -1.15. The SMILES string of the molecule is O=C(O)[C@@H]1C[C@H]2C[C@H](CCSc3nn[nH]n3)CC[C@H]2CN1. The van der Waals surface area contributed by atoms with Crippen LogP contribution in [0.15, 0.2) is 5.16 Å². The minimum Gasteiger partial charge on any atom is -0.480 e. The first-order valence-electron chi connectivity index (χ1n) is 7.55. The first-order valence-corrected chi connectivity index (χ1v) is 8.53. The molecule has 116 valence electrons. The van der Waals surface area contributed by atoms with E-state index in [-0.39, 0.29) is 6.04 Å². The number of hydrogen-bond donors (Lipinski definition) is 3. The summed E-state index contributed by atoms with van der Waals surface area (Å²) >= 11 is 1.63. The molecule has 8 heteroatoms. The summed E-state index contributed by atoms with van der Waals surface area (Å²) in [7, 11) is 0. The lowest BCUT2D eigenvalue weighted by atomic mass is 9.69. The Balaban J connectivity index is 1.45. The van der Waals surface area contributed by atoms with E-state index in [1.807, 2.05) is 0 Å². The van der Waals surface area contributed by atoms with Gasteiger partial charge in [0.15, 0.2) is 0 Å². The van der Waals surface area contributed by atoms with E-state index in [1.54, 1.807) is 11.8 Å². The van der Waals surface area contributed by atoms with E-state index in [0.717, 1.165) is 25.1 Å². The van der Waals surface area contributed by atoms with E-state index in [9.17, 15) is 4.79 Å². The van der Waals surface area contributed by atoms with Crippen LogP contribution in [0, 0.1) is 17.8 Å². The smallest absolute Gasteiger partial charge is 0.320 e. The van der Waals surface area contributed by atoms with Crippen LogP contribution in [0.3, 0.4) is 0 Å². The monoisotopic (exact) mass is 311 g/mol. The molecule has 21 heavy (non-hydrogen) atoms. The molecule has 2 heterocycles. The Labute approximate surface area is 127 Å². The van der Waals surface area contributed by atoms with Gasteiger partial charge in [0.25, 0.3) is 0 Å². The van der Waals surface area contributed by atoms with Crippen molar-refractivity contribution in [1.29, 1.82) is 0 Å². The van der Waals surface area contributed by atoms with E-state index >= 15 is 0 Å². The summed E-state index contributed by atoms with van der Waals surface area (Å²) in [5, 5.41) is 26.9. The van der Waals surface area contributed by atoms with Crippen molar-refractivity contribution in [1.82, 2.24) is 25.9 Å². The molecule has 1 aromatic heterocycles. The van der Waals surface area contributed by atoms with Gasteiger partial charge in [0.2, 0.25) is 5.16 Å². The molecule has 1 saturated heterocycles. The van der Waals surface area contributed by atoms with Crippen molar-refractivity contribution in [2.45, 2.75) is 43.3 Å². The normalized spacial score (nSPS) is 32.6. The van der Waals surface area contributed by atoms with Crippen LogP contribution in [-0.2, 0) is 4.79 Å². The molecule has 1 aromatic rings. The van der Waals surface area contributed by atoms with Gasteiger partial charge in [0.05, 0.1) is 0 Å². The van der Waals surface area contributed by atoms with Crippen LogP contribution in [0.5, 0.6) is 0 Å². The number of aromatic amines is 1. The van der Waals surface area contributed by atoms with Crippen LogP contribution in [0.1, 0.15) is 32.1 Å². The fourth-order valence-corrected chi connectivity index (χ4v) is 4.48. The van der Waals surface area contributed by atoms with Gasteiger partial charge in [-0.15, -0.1) is 10.2 Å². The summed E-state index contributed by atoms with van der Waals surface area (Å²) in [4.78, 5) is 11.1. The average molecular weight is 311 g/mol. The lowest BCUT2D eigenvalue weighted by Gasteiger charge is -2.41. The molecule has 3 rings (SSSR count). The van der Waals surface area contributed by atoms with E-state index in [2.05, 4.69) is 25.9 Å². The standard InChI is InChI=1S/C13H21N5O2S/c19-12(20)11-6-10-5-8(1-2-9(10)7-14-11)3-4-21-13-15-17-18-16-13/h8-11,14H,1-7H2,(H,19,20)(H,15,16,17,18)/t8-,9-,10+,11-/m0/s1. The maximum atomic E-state index is 11.1. The summed E-state index contributed by atoms with van der Waals surface area (Å²) in [5.41, 5.74) is 0. The summed E-state index contributed by atoms with van der Waals surface area (Å²) in [6.45, 7) is 0.867. The Morgan fingerprint density at radius 1 is 1.33 bits per heavy atom. The van der Waals surface area contributed by atoms with Gasteiger partial charge < -0.3 is 10.4 Å². The van der Waals surface area contributed by atoms with Crippen molar-refractivity contribution >= 4 is 17.7 Å². The highest BCUT2D eigenvalue weighted by Gasteiger charge is 2.37. The van der Waals surface area contributed by atoms with Crippen molar-refractivity contribution in [3.05, 3.63) is 0 Å². The van der Waals surface area contributed by atoms with E-state index < -0.39 is 5.97 Å². The highest BCUT2D eigenvalue weighted by Crippen LogP contribution is 2.40. The van der Waals surface area contributed by atoms with Gasteiger partial charge in [-0.05, 0) is 55.2 Å². The number of carboxylic acids is 1. The molecule has 3 N–H and O–H groups in total. The summed E-state index contributed by atoms with van der Waals surface area (Å²) in [6.07, 6.45) is 5.58. The van der Waals surface area contributed by atoms with Gasteiger partial charge in [-0.2, -0.15) is 5.21 Å². The first kappa shape index (κ1) is 14.8. The molecule has 0 aromatic carbocycles. The van der Waals surface area contributed by atoms with E-state index in [0.29, 0.717) is 22.9 Å². The lowest BCUT2D eigenvalue weighted by Crippen LogP contribution is -2.49. The van der Waals surface area contributed by atoms with Crippen LogP contribution in [-0.4, -0.2) is 50.0 Å². The number of fused-ring (bicyclic) bond motifs is 1. The van der Waals surface area contributed by atoms with Gasteiger partial charge in [0, 0.05) is 5.75 Å². The third kappa shape index (κ3) is 3.74. The molecule has 0 amide bonds. The number of carboxylic acid groups (broad SMARTS) is 1. The first-order chi connectivity index (χ1) is 10.2. The zero-order valence-corrected chi connectivity index (χ0v) is 12.7. The Kier molecular flexibility index (Phi) is 4.74. The molecule has 0 spiro atoms. The number of carbonyl (C=O) groups is 1. The average Bonchev–Trinajstić information content (AvgIpc) is 2.99. The van der Waals surface area contributed by atoms with Crippen LogP contribution in [0.4, 0.5) is 0 Å². The third-order valence-corrected chi connectivity index (χ3v) is 5.67. The third-order valence-electron chi connectivity index (χ3n) is 4.79. The Morgan fingerprint density at radius 3 is 3.00 bits per heavy atom. The highest BCUT2D eigenvalue weighted by molar-refractivity contribution is 7.99. The summed E-state index contributed by atoms with van der Waals surface area (Å²) in [5.74, 6) is 2.24. The number of piperidine rings is 1. The molecule has 0 unspecified atom stereocenters. The minimum atomic E-state index is -0.705. The molecule has 1 aliphatic carbocycles. The maximum Gasteiger partial charge on any atom is 0.320 e. The van der Waals surface area contributed by atoms with Crippen molar-refractivity contribution in [2.24, 2.45) is 17.8 Å². The van der Waals surface area contributed by atoms with Crippen LogP contribution in [0.2, 0.25) is 0 Å². The molecule has 7 nitrogen and oxygen atoms in total. The number of aliphatic carboxylic acids is 1. The topological polar surface area (TPSA) is 104 Å². The Bertz CT molecular complexity index is 469. The highest BCUT2D eigenvalue weighted by atomic mass is 32.2. The molecule has 0 bridgehead atoms. The molecular formula is C13H21N5O2S. The van der Waals surface area contributed by atoms with Crippen molar-refractivity contribution in [3.63, 3.8) is 0 Å². The minimum absolute atomic E-state index is 0.348. The molecule has 1 aliphatic heterocycles. The van der Waals surface area contributed by atoms with Crippen molar-refractivity contribution in [2.75, 3.05) is 12.3 Å². The summed E-state index contributed by atoms with van der Waals surface area (Å²) < 4.78 is 0. The second-order valence-corrected chi connectivity index (χ2v) is 7.13. The summed E-state index contributed by atoms with van der Waals surface area (Å²) in [6, 6.07) is -0.348. The van der Waals surface area contributed by atoms with Crippen LogP contribution in [0.25, 0.3) is 0 Å². The molecular weight excluding hydrogens is 290 g/mol. The number of aromatic nitrogens is 4. The number of thioether (sulfide) groups is 1. The van der Waals surface area contributed by atoms with Crippen LogP contribution >= 0.6 is 11.8 Å². The maximum absolute atomic E-state index is 11.1. The number of nitrogens with one attached hydrogen (secondary N) is 2. The van der Waals surface area contributed by atoms with Gasteiger partial charge >= 0.3 is 5.97 Å². The number of tetrazole rings is 1. The largest absolute Gasteiger partial charge is 0.480 e. The van der Waals surface area contributed by atoms with Gasteiger partial charge in [0.1, 0.15) is 6.04 Å². The number of nitrogens with zero attached hydrogens (tertiary/aromatic N) is 3. The fourth-order valence-electron chi connectivity index (χ4n) is 3.64. The molecule has 4 atom stereocenters. The van der Waals surface area contributed by atoms with Gasteiger partial charge in [-0.1, -0.05) is 18.2 Å². The predicted octanol–water partition coefficient (Wildman–Crippen LogP) is 1.16.